The van der Waals surface area contributed by atoms with Gasteiger partial charge < -0.3 is 10.0 Å². The third-order valence-corrected chi connectivity index (χ3v) is 7.67. The van der Waals surface area contributed by atoms with E-state index < -0.39 is 15.4 Å². The first-order valence-electron chi connectivity index (χ1n) is 10.2. The number of hydrogen-bond donors (Lipinski definition) is 1. The smallest absolute Gasteiger partial charge is 0.254 e. The number of hydrogen-bond acceptors (Lipinski definition) is 4. The normalized spacial score (nSPS) is 27.3. The minimum absolute atomic E-state index is 0.00615. The summed E-state index contributed by atoms with van der Waals surface area (Å²) >= 11 is 0. The van der Waals surface area contributed by atoms with Crippen LogP contribution in [0.15, 0.2) is 59.5 Å². The molecular weight excluding hydrogens is 386 g/mol. The molecule has 0 spiro atoms. The van der Waals surface area contributed by atoms with Crippen molar-refractivity contribution in [2.45, 2.75) is 48.6 Å². The molecule has 1 N–H and O–H groups in total. The van der Waals surface area contributed by atoms with Gasteiger partial charge in [-0.3, -0.25) is 4.79 Å². The summed E-state index contributed by atoms with van der Waals surface area (Å²) in [5, 5.41) is 11.6. The Morgan fingerprint density at radius 1 is 1.03 bits per heavy atom. The van der Waals surface area contributed by atoms with Gasteiger partial charge in [0.25, 0.3) is 5.91 Å². The molecule has 3 atom stereocenters. The van der Waals surface area contributed by atoms with Gasteiger partial charge >= 0.3 is 0 Å². The van der Waals surface area contributed by atoms with Crippen LogP contribution in [0.4, 0.5) is 0 Å². The zero-order valence-corrected chi connectivity index (χ0v) is 17.4. The van der Waals surface area contributed by atoms with Crippen molar-refractivity contribution in [3.8, 4) is 0 Å². The molecule has 1 unspecified atom stereocenters. The number of amides is 1. The summed E-state index contributed by atoms with van der Waals surface area (Å²) in [7, 11) is -3.29. The first kappa shape index (κ1) is 20.1. The molecule has 4 rings (SSSR count). The lowest BCUT2D eigenvalue weighted by Gasteiger charge is -2.52. The SMILES string of the molecule is CS(=O)(=O)c1ccc(C(=O)N2CC[C@@](O)(c3ccccc3)[C@@H]3CCCCC32)cc1. The Morgan fingerprint density at radius 2 is 1.69 bits per heavy atom. The summed E-state index contributed by atoms with van der Waals surface area (Å²) in [5.41, 5.74) is 0.511. The van der Waals surface area contributed by atoms with Gasteiger partial charge in [-0.25, -0.2) is 8.42 Å². The second kappa shape index (κ2) is 7.58. The molecule has 1 amide bonds. The van der Waals surface area contributed by atoms with Crippen molar-refractivity contribution < 1.29 is 18.3 Å². The van der Waals surface area contributed by atoms with Gasteiger partial charge in [0.2, 0.25) is 0 Å². The van der Waals surface area contributed by atoms with Crippen LogP contribution < -0.4 is 0 Å². The fourth-order valence-corrected chi connectivity index (χ4v) is 5.66. The lowest BCUT2D eigenvalue weighted by atomic mass is 9.66. The van der Waals surface area contributed by atoms with Gasteiger partial charge in [0, 0.05) is 30.3 Å². The number of aliphatic hydroxyl groups is 1. The zero-order chi connectivity index (χ0) is 20.6. The highest BCUT2D eigenvalue weighted by molar-refractivity contribution is 7.90. The van der Waals surface area contributed by atoms with Crippen molar-refractivity contribution in [3.05, 3.63) is 65.7 Å². The van der Waals surface area contributed by atoms with Crippen LogP contribution in [-0.4, -0.2) is 43.2 Å². The number of likely N-dealkylation sites (tertiary alicyclic amines) is 1. The van der Waals surface area contributed by atoms with Crippen molar-refractivity contribution in [2.24, 2.45) is 5.92 Å². The third-order valence-electron chi connectivity index (χ3n) is 6.54. The van der Waals surface area contributed by atoms with E-state index in [0.717, 1.165) is 37.5 Å². The predicted octanol–water partition coefficient (Wildman–Crippen LogP) is 3.38. The van der Waals surface area contributed by atoms with E-state index in [1.165, 1.54) is 12.1 Å². The maximum Gasteiger partial charge on any atom is 0.254 e. The summed E-state index contributed by atoms with van der Waals surface area (Å²) < 4.78 is 23.4. The molecule has 5 nitrogen and oxygen atoms in total. The van der Waals surface area contributed by atoms with E-state index in [1.54, 1.807) is 12.1 Å². The molecule has 29 heavy (non-hydrogen) atoms. The molecule has 1 heterocycles. The van der Waals surface area contributed by atoms with Gasteiger partial charge in [0.1, 0.15) is 0 Å². The molecule has 0 aromatic heterocycles. The molecule has 6 heteroatoms. The molecule has 1 saturated heterocycles. The number of rotatable bonds is 3. The predicted molar refractivity (Wildman–Crippen MR) is 111 cm³/mol. The van der Waals surface area contributed by atoms with Crippen LogP contribution in [0.25, 0.3) is 0 Å². The molecule has 2 aliphatic rings. The summed E-state index contributed by atoms with van der Waals surface area (Å²) in [4.78, 5) is 15.4. The highest BCUT2D eigenvalue weighted by atomic mass is 32.2. The van der Waals surface area contributed by atoms with Crippen molar-refractivity contribution in [3.63, 3.8) is 0 Å². The van der Waals surface area contributed by atoms with E-state index in [9.17, 15) is 18.3 Å². The number of piperidine rings is 1. The fourth-order valence-electron chi connectivity index (χ4n) is 5.03. The standard InChI is InChI=1S/C23H27NO4S/c1-29(27,28)19-13-11-17(12-14-19)22(25)24-16-15-23(26,18-7-3-2-4-8-18)20-9-5-6-10-21(20)24/h2-4,7-8,11-14,20-21,26H,5-6,9-10,15-16H2,1H3/t20-,21?,23-/m1/s1. The second-order valence-corrected chi connectivity index (χ2v) is 10.3. The number of fused-ring (bicyclic) bond motifs is 1. The highest BCUT2D eigenvalue weighted by Crippen LogP contribution is 2.47. The van der Waals surface area contributed by atoms with Gasteiger partial charge in [0.15, 0.2) is 9.84 Å². The van der Waals surface area contributed by atoms with E-state index in [4.69, 9.17) is 0 Å². The lowest BCUT2D eigenvalue weighted by Crippen LogP contribution is -2.58. The molecular formula is C23H27NO4S. The van der Waals surface area contributed by atoms with Crippen LogP contribution in [0.3, 0.4) is 0 Å². The Bertz CT molecular complexity index is 987. The number of benzene rings is 2. The van der Waals surface area contributed by atoms with Gasteiger partial charge in [0.05, 0.1) is 10.5 Å². The Morgan fingerprint density at radius 3 is 2.34 bits per heavy atom. The van der Waals surface area contributed by atoms with Gasteiger partial charge in [-0.1, -0.05) is 43.2 Å². The molecule has 2 aromatic carbocycles. The summed E-state index contributed by atoms with van der Waals surface area (Å²) in [6, 6.07) is 16.0. The van der Waals surface area contributed by atoms with Crippen LogP contribution in [0.1, 0.15) is 48.0 Å². The Kier molecular flexibility index (Phi) is 5.25. The van der Waals surface area contributed by atoms with E-state index >= 15 is 0 Å². The van der Waals surface area contributed by atoms with Crippen molar-refractivity contribution in [1.29, 1.82) is 0 Å². The van der Waals surface area contributed by atoms with Crippen molar-refractivity contribution in [2.75, 3.05) is 12.8 Å². The topological polar surface area (TPSA) is 74.7 Å². The van der Waals surface area contributed by atoms with E-state index in [2.05, 4.69) is 0 Å². The van der Waals surface area contributed by atoms with Crippen LogP contribution in [0, 0.1) is 5.92 Å². The summed E-state index contributed by atoms with van der Waals surface area (Å²) in [6.07, 6.45) is 5.54. The van der Waals surface area contributed by atoms with Gasteiger partial charge in [-0.15, -0.1) is 0 Å². The zero-order valence-electron chi connectivity index (χ0n) is 16.6. The first-order chi connectivity index (χ1) is 13.8. The Balaban J connectivity index is 1.62. The fraction of sp³-hybridized carbons (Fsp3) is 0.435. The third kappa shape index (κ3) is 3.71. The average molecular weight is 414 g/mol. The van der Waals surface area contributed by atoms with Crippen LogP contribution >= 0.6 is 0 Å². The Labute approximate surface area is 172 Å². The second-order valence-electron chi connectivity index (χ2n) is 8.29. The molecule has 2 aromatic rings. The summed E-state index contributed by atoms with van der Waals surface area (Å²) in [5.74, 6) is -0.0799. The first-order valence-corrected chi connectivity index (χ1v) is 12.1. The molecule has 1 aliphatic carbocycles. The number of carbonyl (C=O) groups excluding carboxylic acids is 1. The number of sulfone groups is 1. The van der Waals surface area contributed by atoms with E-state index in [1.807, 2.05) is 35.2 Å². The quantitative estimate of drug-likeness (QED) is 0.837. The molecule has 1 saturated carbocycles. The Hall–Kier alpha value is -2.18. The summed E-state index contributed by atoms with van der Waals surface area (Å²) in [6.45, 7) is 0.485. The average Bonchev–Trinajstić information content (AvgIpc) is 2.74. The maximum absolute atomic E-state index is 13.3. The monoisotopic (exact) mass is 413 g/mol. The van der Waals surface area contributed by atoms with Crippen molar-refractivity contribution >= 4 is 15.7 Å². The maximum atomic E-state index is 13.3. The molecule has 0 bridgehead atoms. The minimum atomic E-state index is -3.29. The lowest BCUT2D eigenvalue weighted by molar-refractivity contribution is -0.110. The van der Waals surface area contributed by atoms with Gasteiger partial charge in [-0.2, -0.15) is 0 Å². The van der Waals surface area contributed by atoms with Crippen LogP contribution in [-0.2, 0) is 15.4 Å². The molecule has 0 radical (unpaired) electrons. The highest BCUT2D eigenvalue weighted by Gasteiger charge is 2.50. The minimum Gasteiger partial charge on any atom is -0.385 e. The van der Waals surface area contributed by atoms with Crippen LogP contribution in [0.2, 0.25) is 0 Å². The number of carbonyl (C=O) groups is 1. The van der Waals surface area contributed by atoms with Gasteiger partial charge in [-0.05, 0) is 49.1 Å². The molecule has 1 aliphatic heterocycles. The van der Waals surface area contributed by atoms with E-state index in [0.29, 0.717) is 18.5 Å². The van der Waals surface area contributed by atoms with Crippen molar-refractivity contribution in [1.82, 2.24) is 4.90 Å². The van der Waals surface area contributed by atoms with Crippen LogP contribution in [0.5, 0.6) is 0 Å². The number of nitrogens with zero attached hydrogens (tertiary/aromatic N) is 1. The molecule has 2 fully saturated rings. The molecule has 154 valence electrons. The van der Waals surface area contributed by atoms with E-state index in [-0.39, 0.29) is 22.8 Å². The largest absolute Gasteiger partial charge is 0.385 e.